The molecule has 152 valence electrons. The van der Waals surface area contributed by atoms with Gasteiger partial charge in [-0.15, -0.1) is 11.3 Å². The molecule has 0 amide bonds. The standard InChI is InChI=1S/C19H15N5O4S2/c20-18-14-7-9-27-19(14)21-11-24(18)13-3-1-12(2-4-13)23-30(25,26)17-6-5-16(29-17)15-8-10-28-22-15/h1-10,20-21,23H,11H2. The van der Waals surface area contributed by atoms with Gasteiger partial charge >= 0.3 is 0 Å². The third kappa shape index (κ3) is 3.23. The van der Waals surface area contributed by atoms with Crippen LogP contribution in [0.1, 0.15) is 5.56 Å². The Morgan fingerprint density at radius 3 is 2.70 bits per heavy atom. The monoisotopic (exact) mass is 441 g/mol. The molecule has 9 nitrogen and oxygen atoms in total. The third-order valence-corrected chi connectivity index (χ3v) is 7.54. The maximum Gasteiger partial charge on any atom is 0.271 e. The lowest BCUT2D eigenvalue weighted by atomic mass is 10.2. The molecule has 0 fully saturated rings. The van der Waals surface area contributed by atoms with Gasteiger partial charge < -0.3 is 19.2 Å². The van der Waals surface area contributed by atoms with Gasteiger partial charge in [0.25, 0.3) is 10.0 Å². The maximum atomic E-state index is 12.7. The van der Waals surface area contributed by atoms with Gasteiger partial charge in [-0.05, 0) is 42.5 Å². The first kappa shape index (κ1) is 18.5. The maximum absolute atomic E-state index is 12.7. The smallest absolute Gasteiger partial charge is 0.271 e. The van der Waals surface area contributed by atoms with Crippen LogP contribution in [0.5, 0.6) is 0 Å². The Morgan fingerprint density at radius 2 is 1.93 bits per heavy atom. The molecule has 3 aromatic heterocycles. The molecule has 3 N–H and O–H groups in total. The number of rotatable bonds is 5. The molecule has 1 aliphatic heterocycles. The van der Waals surface area contributed by atoms with Crippen LogP contribution in [0.3, 0.4) is 0 Å². The Hall–Kier alpha value is -3.57. The first-order chi connectivity index (χ1) is 14.5. The quantitative estimate of drug-likeness (QED) is 0.427. The number of anilines is 3. The molecular formula is C19H15N5O4S2. The fourth-order valence-corrected chi connectivity index (χ4v) is 5.41. The molecule has 4 aromatic rings. The number of fused-ring (bicyclic) bond motifs is 1. The normalized spacial score (nSPS) is 13.7. The summed E-state index contributed by atoms with van der Waals surface area (Å²) < 4.78 is 38.3. The third-order valence-electron chi connectivity index (χ3n) is 4.56. The van der Waals surface area contributed by atoms with E-state index in [0.717, 1.165) is 17.0 Å². The second kappa shape index (κ2) is 7.04. The molecule has 1 aromatic carbocycles. The average molecular weight is 441 g/mol. The molecule has 0 saturated carbocycles. The summed E-state index contributed by atoms with van der Waals surface area (Å²) in [4.78, 5) is 2.47. The number of nitrogens with zero attached hydrogens (tertiary/aromatic N) is 2. The highest BCUT2D eigenvalue weighted by molar-refractivity contribution is 7.94. The summed E-state index contributed by atoms with van der Waals surface area (Å²) in [6.45, 7) is 0.379. The van der Waals surface area contributed by atoms with Crippen molar-refractivity contribution in [3.05, 3.63) is 66.6 Å². The van der Waals surface area contributed by atoms with Crippen molar-refractivity contribution in [1.82, 2.24) is 5.16 Å². The molecular weight excluding hydrogens is 426 g/mol. The van der Waals surface area contributed by atoms with E-state index in [-0.39, 0.29) is 4.21 Å². The summed E-state index contributed by atoms with van der Waals surface area (Å²) in [6.07, 6.45) is 2.97. The molecule has 30 heavy (non-hydrogen) atoms. The molecule has 4 heterocycles. The fourth-order valence-electron chi connectivity index (χ4n) is 3.09. The molecule has 0 saturated heterocycles. The van der Waals surface area contributed by atoms with Crippen molar-refractivity contribution in [3.63, 3.8) is 0 Å². The Kier molecular flexibility index (Phi) is 4.33. The molecule has 0 unspecified atom stereocenters. The van der Waals surface area contributed by atoms with Crippen LogP contribution in [0, 0.1) is 5.41 Å². The first-order valence-corrected chi connectivity index (χ1v) is 11.1. The van der Waals surface area contributed by atoms with Crippen LogP contribution < -0.4 is 14.9 Å². The van der Waals surface area contributed by atoms with Crippen molar-refractivity contribution in [2.75, 3.05) is 21.6 Å². The number of hydrogen-bond donors (Lipinski definition) is 3. The molecule has 0 bridgehead atoms. The molecule has 0 spiro atoms. The van der Waals surface area contributed by atoms with Gasteiger partial charge in [-0.2, -0.15) is 0 Å². The van der Waals surface area contributed by atoms with E-state index in [4.69, 9.17) is 14.3 Å². The van der Waals surface area contributed by atoms with Gasteiger partial charge in [0.1, 0.15) is 22.0 Å². The highest BCUT2D eigenvalue weighted by Gasteiger charge is 2.24. The second-order valence-corrected chi connectivity index (χ2v) is 9.42. The highest BCUT2D eigenvalue weighted by atomic mass is 32.2. The van der Waals surface area contributed by atoms with E-state index in [1.807, 2.05) is 0 Å². The Labute approximate surface area is 175 Å². The highest BCUT2D eigenvalue weighted by Crippen LogP contribution is 2.32. The minimum absolute atomic E-state index is 0.180. The van der Waals surface area contributed by atoms with Crippen molar-refractivity contribution in [2.24, 2.45) is 0 Å². The topological polar surface area (TPSA) is 124 Å². The Morgan fingerprint density at radius 1 is 1.10 bits per heavy atom. The molecule has 11 heteroatoms. The van der Waals surface area contributed by atoms with Crippen molar-refractivity contribution in [3.8, 4) is 10.6 Å². The van der Waals surface area contributed by atoms with E-state index < -0.39 is 10.0 Å². The zero-order chi connectivity index (χ0) is 20.7. The SMILES string of the molecule is N=C1c2ccoc2NCN1c1ccc(NS(=O)(=O)c2ccc(-c3ccon3)s2)cc1. The largest absolute Gasteiger partial charge is 0.448 e. The lowest BCUT2D eigenvalue weighted by Crippen LogP contribution is -2.39. The van der Waals surface area contributed by atoms with Crippen LogP contribution in [0.4, 0.5) is 17.3 Å². The van der Waals surface area contributed by atoms with Crippen LogP contribution in [0.25, 0.3) is 10.6 Å². The number of sulfonamides is 1. The Bertz CT molecular complexity index is 1310. The summed E-state index contributed by atoms with van der Waals surface area (Å²) in [5, 5.41) is 15.3. The minimum atomic E-state index is -3.73. The summed E-state index contributed by atoms with van der Waals surface area (Å²) in [5.41, 5.74) is 2.44. The van der Waals surface area contributed by atoms with E-state index >= 15 is 0 Å². The molecule has 1 aliphatic rings. The summed E-state index contributed by atoms with van der Waals surface area (Å²) in [7, 11) is -3.73. The van der Waals surface area contributed by atoms with Gasteiger partial charge in [-0.3, -0.25) is 10.1 Å². The van der Waals surface area contributed by atoms with Gasteiger partial charge in [0.05, 0.1) is 23.4 Å². The minimum Gasteiger partial charge on any atom is -0.448 e. The number of benzene rings is 1. The predicted octanol–water partition coefficient (Wildman–Crippen LogP) is 4.01. The van der Waals surface area contributed by atoms with Gasteiger partial charge in [0, 0.05) is 17.4 Å². The van der Waals surface area contributed by atoms with Crippen LogP contribution in [0.2, 0.25) is 0 Å². The van der Waals surface area contributed by atoms with Crippen molar-refractivity contribution in [2.45, 2.75) is 4.21 Å². The lowest BCUT2D eigenvalue weighted by Gasteiger charge is -2.29. The van der Waals surface area contributed by atoms with Crippen molar-refractivity contribution in [1.29, 1.82) is 5.41 Å². The van der Waals surface area contributed by atoms with Crippen LogP contribution in [-0.2, 0) is 10.0 Å². The zero-order valence-electron chi connectivity index (χ0n) is 15.3. The molecule has 5 rings (SSSR count). The lowest BCUT2D eigenvalue weighted by molar-refractivity contribution is 0.422. The predicted molar refractivity (Wildman–Crippen MR) is 114 cm³/mol. The summed E-state index contributed by atoms with van der Waals surface area (Å²) in [6, 6.07) is 13.5. The van der Waals surface area contributed by atoms with E-state index in [1.54, 1.807) is 47.4 Å². The zero-order valence-corrected chi connectivity index (χ0v) is 17.0. The number of hydrogen-bond acceptors (Lipinski definition) is 8. The van der Waals surface area contributed by atoms with Crippen LogP contribution >= 0.6 is 11.3 Å². The number of nitrogens with one attached hydrogen (secondary N) is 3. The van der Waals surface area contributed by atoms with Crippen molar-refractivity contribution < 1.29 is 17.4 Å². The van der Waals surface area contributed by atoms with E-state index in [0.29, 0.717) is 40.2 Å². The number of amidine groups is 1. The molecule has 0 aliphatic carbocycles. The summed E-state index contributed by atoms with van der Waals surface area (Å²) in [5.74, 6) is 0.881. The van der Waals surface area contributed by atoms with E-state index in [2.05, 4.69) is 15.2 Å². The van der Waals surface area contributed by atoms with Gasteiger partial charge in [-0.25, -0.2) is 8.42 Å². The van der Waals surface area contributed by atoms with E-state index in [9.17, 15) is 8.42 Å². The second-order valence-electron chi connectivity index (χ2n) is 6.43. The van der Waals surface area contributed by atoms with E-state index in [1.165, 1.54) is 18.6 Å². The molecule has 0 atom stereocenters. The molecule has 0 radical (unpaired) electrons. The summed E-state index contributed by atoms with van der Waals surface area (Å²) >= 11 is 1.11. The van der Waals surface area contributed by atoms with Gasteiger partial charge in [0.15, 0.2) is 0 Å². The average Bonchev–Trinajstić information content (AvgIpc) is 3.49. The van der Waals surface area contributed by atoms with Gasteiger partial charge in [0.2, 0.25) is 5.88 Å². The fraction of sp³-hybridized carbons (Fsp3) is 0.0526. The van der Waals surface area contributed by atoms with Crippen LogP contribution in [0.15, 0.2) is 74.2 Å². The van der Waals surface area contributed by atoms with Crippen LogP contribution in [-0.4, -0.2) is 26.1 Å². The number of aromatic nitrogens is 1. The number of thiophene rings is 1. The Balaban J connectivity index is 1.33. The van der Waals surface area contributed by atoms with Crippen molar-refractivity contribution >= 4 is 44.5 Å². The number of furan rings is 1. The van der Waals surface area contributed by atoms with Gasteiger partial charge in [-0.1, -0.05) is 5.16 Å². The first-order valence-electron chi connectivity index (χ1n) is 8.82.